The Morgan fingerprint density at radius 1 is 1.08 bits per heavy atom. The fourth-order valence-corrected chi connectivity index (χ4v) is 4.18. The van der Waals surface area contributed by atoms with Crippen LogP contribution in [0.3, 0.4) is 0 Å². The van der Waals surface area contributed by atoms with E-state index >= 15 is 0 Å². The van der Waals surface area contributed by atoms with Crippen molar-refractivity contribution in [3.63, 3.8) is 0 Å². The highest BCUT2D eigenvalue weighted by Gasteiger charge is 2.33. The van der Waals surface area contributed by atoms with Gasteiger partial charge in [0.15, 0.2) is 0 Å². The second-order valence-corrected chi connectivity index (χ2v) is 8.54. The van der Waals surface area contributed by atoms with E-state index in [0.29, 0.717) is 5.92 Å². The molecule has 2 aliphatic heterocycles. The normalized spacial score (nSPS) is 27.6. The average Bonchev–Trinajstić information content (AvgIpc) is 2.55. The minimum atomic E-state index is -0.0542. The van der Waals surface area contributed by atoms with Gasteiger partial charge in [-0.3, -0.25) is 9.69 Å². The average molecular weight is 369 g/mol. The number of likely N-dealkylation sites (N-methyl/N-ethyl adjacent to an activating group) is 1. The van der Waals surface area contributed by atoms with Crippen LogP contribution in [0.25, 0.3) is 0 Å². The number of hydrogen-bond acceptors (Lipinski definition) is 5. The van der Waals surface area contributed by atoms with Gasteiger partial charge >= 0.3 is 0 Å². The van der Waals surface area contributed by atoms with Gasteiger partial charge in [0.2, 0.25) is 5.91 Å². The van der Waals surface area contributed by atoms with Crippen LogP contribution in [-0.2, 0) is 9.53 Å². The Balaban J connectivity index is 1.69. The lowest BCUT2D eigenvalue weighted by atomic mass is 9.99. The molecule has 3 atom stereocenters. The molecule has 0 aromatic heterocycles. The van der Waals surface area contributed by atoms with Gasteiger partial charge in [0.1, 0.15) is 0 Å². The molecule has 2 saturated heterocycles. The monoisotopic (exact) mass is 368 g/mol. The molecule has 2 aliphatic rings. The SMILES string of the molecule is CC1CN(C(C(=O)NCCCCN2CCN(C)CC2)C(C)C)CC(C)O1. The molecule has 0 saturated carbocycles. The van der Waals surface area contributed by atoms with E-state index in [2.05, 4.69) is 54.8 Å². The summed E-state index contributed by atoms with van der Waals surface area (Å²) < 4.78 is 5.82. The third-order valence-corrected chi connectivity index (χ3v) is 5.54. The van der Waals surface area contributed by atoms with Crippen LogP contribution in [0.1, 0.15) is 40.5 Å². The number of ether oxygens (including phenoxy) is 1. The first-order valence-corrected chi connectivity index (χ1v) is 10.4. The van der Waals surface area contributed by atoms with Crippen molar-refractivity contribution >= 4 is 5.91 Å². The number of amides is 1. The lowest BCUT2D eigenvalue weighted by Crippen LogP contribution is -2.57. The third-order valence-electron chi connectivity index (χ3n) is 5.54. The molecule has 6 heteroatoms. The Bertz CT molecular complexity index is 414. The maximum absolute atomic E-state index is 12.8. The van der Waals surface area contributed by atoms with E-state index in [1.807, 2.05) is 0 Å². The zero-order valence-corrected chi connectivity index (χ0v) is 17.5. The fraction of sp³-hybridized carbons (Fsp3) is 0.950. The summed E-state index contributed by atoms with van der Waals surface area (Å²) in [7, 11) is 2.19. The predicted molar refractivity (Wildman–Crippen MR) is 106 cm³/mol. The number of carbonyl (C=O) groups is 1. The summed E-state index contributed by atoms with van der Waals surface area (Å²) in [5.74, 6) is 0.485. The molecule has 0 aromatic carbocycles. The highest BCUT2D eigenvalue weighted by Crippen LogP contribution is 2.18. The Kier molecular flexibility index (Phi) is 8.80. The zero-order valence-electron chi connectivity index (χ0n) is 17.5. The molecule has 0 bridgehead atoms. The number of carbonyl (C=O) groups excluding carboxylic acids is 1. The van der Waals surface area contributed by atoms with Gasteiger partial charge in [-0.2, -0.15) is 0 Å². The minimum absolute atomic E-state index is 0.0542. The summed E-state index contributed by atoms with van der Waals surface area (Å²) in [5, 5.41) is 3.19. The van der Waals surface area contributed by atoms with E-state index < -0.39 is 0 Å². The van der Waals surface area contributed by atoms with Crippen LogP contribution < -0.4 is 5.32 Å². The van der Waals surface area contributed by atoms with Gasteiger partial charge < -0.3 is 19.9 Å². The Morgan fingerprint density at radius 3 is 2.27 bits per heavy atom. The largest absolute Gasteiger partial charge is 0.373 e. The number of nitrogens with zero attached hydrogens (tertiary/aromatic N) is 3. The number of piperazine rings is 1. The lowest BCUT2D eigenvalue weighted by molar-refractivity contribution is -0.135. The van der Waals surface area contributed by atoms with Gasteiger partial charge in [-0.1, -0.05) is 13.8 Å². The van der Waals surface area contributed by atoms with Crippen molar-refractivity contribution in [1.82, 2.24) is 20.0 Å². The topological polar surface area (TPSA) is 48.1 Å². The molecule has 2 rings (SSSR count). The molecule has 2 heterocycles. The molecule has 2 fully saturated rings. The number of rotatable bonds is 8. The summed E-state index contributed by atoms with van der Waals surface area (Å²) in [5.41, 5.74) is 0. The molecule has 1 amide bonds. The zero-order chi connectivity index (χ0) is 19.1. The number of nitrogens with one attached hydrogen (secondary N) is 1. The Morgan fingerprint density at radius 2 is 1.69 bits per heavy atom. The van der Waals surface area contributed by atoms with E-state index in [1.165, 1.54) is 26.2 Å². The van der Waals surface area contributed by atoms with Crippen LogP contribution in [0.2, 0.25) is 0 Å². The van der Waals surface area contributed by atoms with Gasteiger partial charge in [0.25, 0.3) is 0 Å². The summed E-state index contributed by atoms with van der Waals surface area (Å²) >= 11 is 0. The molecule has 6 nitrogen and oxygen atoms in total. The Hall–Kier alpha value is -0.690. The molecular formula is C20H40N4O2. The van der Waals surface area contributed by atoms with E-state index in [-0.39, 0.29) is 24.2 Å². The molecule has 26 heavy (non-hydrogen) atoms. The third kappa shape index (κ3) is 6.80. The van der Waals surface area contributed by atoms with Crippen LogP contribution in [0, 0.1) is 5.92 Å². The molecule has 0 aromatic rings. The number of hydrogen-bond donors (Lipinski definition) is 1. The molecular weight excluding hydrogens is 328 g/mol. The van der Waals surface area contributed by atoms with E-state index in [4.69, 9.17) is 4.74 Å². The van der Waals surface area contributed by atoms with Crippen molar-refractivity contribution in [2.75, 3.05) is 59.4 Å². The standard InChI is InChI=1S/C20H40N4O2/c1-16(2)19(24-14-17(3)26-18(4)15-24)20(25)21-8-6-7-9-23-12-10-22(5)11-13-23/h16-19H,6-15H2,1-5H3,(H,21,25). The van der Waals surface area contributed by atoms with Crippen molar-refractivity contribution in [3.8, 4) is 0 Å². The maximum Gasteiger partial charge on any atom is 0.237 e. The van der Waals surface area contributed by atoms with Crippen molar-refractivity contribution in [2.45, 2.75) is 58.8 Å². The van der Waals surface area contributed by atoms with Crippen LogP contribution in [0.4, 0.5) is 0 Å². The summed E-state index contributed by atoms with van der Waals surface area (Å²) in [6.07, 6.45) is 2.59. The van der Waals surface area contributed by atoms with Crippen LogP contribution in [0.5, 0.6) is 0 Å². The molecule has 0 radical (unpaired) electrons. The first-order valence-electron chi connectivity index (χ1n) is 10.4. The number of unbranched alkanes of at least 4 members (excludes halogenated alkanes) is 1. The van der Waals surface area contributed by atoms with Crippen molar-refractivity contribution in [2.24, 2.45) is 5.92 Å². The molecule has 0 spiro atoms. The van der Waals surface area contributed by atoms with Crippen LogP contribution in [0.15, 0.2) is 0 Å². The molecule has 0 aliphatic carbocycles. The second-order valence-electron chi connectivity index (χ2n) is 8.54. The highest BCUT2D eigenvalue weighted by molar-refractivity contribution is 5.82. The quantitative estimate of drug-likeness (QED) is 0.654. The van der Waals surface area contributed by atoms with Crippen molar-refractivity contribution in [3.05, 3.63) is 0 Å². The van der Waals surface area contributed by atoms with Gasteiger partial charge in [-0.25, -0.2) is 0 Å². The van der Waals surface area contributed by atoms with E-state index in [0.717, 1.165) is 39.0 Å². The fourth-order valence-electron chi connectivity index (χ4n) is 4.18. The lowest BCUT2D eigenvalue weighted by Gasteiger charge is -2.41. The minimum Gasteiger partial charge on any atom is -0.373 e. The van der Waals surface area contributed by atoms with Gasteiger partial charge in [0.05, 0.1) is 18.2 Å². The summed E-state index contributed by atoms with van der Waals surface area (Å²) in [6, 6.07) is -0.0542. The predicted octanol–water partition coefficient (Wildman–Crippen LogP) is 1.26. The first kappa shape index (κ1) is 21.6. The van der Waals surface area contributed by atoms with Gasteiger partial charge in [-0.05, 0) is 46.2 Å². The molecule has 152 valence electrons. The summed E-state index contributed by atoms with van der Waals surface area (Å²) in [4.78, 5) is 20.0. The smallest absolute Gasteiger partial charge is 0.237 e. The van der Waals surface area contributed by atoms with E-state index in [9.17, 15) is 4.79 Å². The maximum atomic E-state index is 12.8. The second kappa shape index (κ2) is 10.6. The number of morpholine rings is 1. The van der Waals surface area contributed by atoms with Gasteiger partial charge in [-0.15, -0.1) is 0 Å². The van der Waals surface area contributed by atoms with E-state index in [1.54, 1.807) is 0 Å². The Labute approximate surface area is 160 Å². The first-order chi connectivity index (χ1) is 12.4. The van der Waals surface area contributed by atoms with Crippen molar-refractivity contribution < 1.29 is 9.53 Å². The summed E-state index contributed by atoms with van der Waals surface area (Å²) in [6.45, 7) is 16.8. The van der Waals surface area contributed by atoms with Crippen LogP contribution in [-0.4, -0.2) is 98.3 Å². The highest BCUT2D eigenvalue weighted by atomic mass is 16.5. The van der Waals surface area contributed by atoms with Crippen molar-refractivity contribution in [1.29, 1.82) is 0 Å². The molecule has 1 N–H and O–H groups in total. The molecule has 3 unspecified atom stereocenters. The van der Waals surface area contributed by atoms with Crippen LogP contribution >= 0.6 is 0 Å². The van der Waals surface area contributed by atoms with Gasteiger partial charge in [0, 0.05) is 45.8 Å².